The lowest BCUT2D eigenvalue weighted by Gasteiger charge is -2.13. The van der Waals surface area contributed by atoms with Crippen LogP contribution in [0.3, 0.4) is 0 Å². The number of nitrogens with zero attached hydrogens (tertiary/aromatic N) is 1. The number of amides is 1. The molecular weight excluding hydrogens is 328 g/mol. The number of halogens is 1. The van der Waals surface area contributed by atoms with E-state index in [4.69, 9.17) is 5.73 Å². The summed E-state index contributed by atoms with van der Waals surface area (Å²) in [5.41, 5.74) is 10.2. The number of anilines is 3. The van der Waals surface area contributed by atoms with Gasteiger partial charge in [0.05, 0.1) is 11.4 Å². The molecule has 0 bridgehead atoms. The molecule has 0 fully saturated rings. The first kappa shape index (κ1) is 17.5. The minimum absolute atomic E-state index is 0.238. The molecule has 0 aliphatic heterocycles. The van der Waals surface area contributed by atoms with Gasteiger partial charge in [-0.05, 0) is 59.7 Å². The minimum Gasteiger partial charge on any atom is -0.397 e. The normalized spacial score (nSPS) is 10.4. The molecule has 5 heteroatoms. The zero-order valence-electron chi connectivity index (χ0n) is 14.7. The summed E-state index contributed by atoms with van der Waals surface area (Å²) in [4.78, 5) is 14.5. The van der Waals surface area contributed by atoms with Crippen molar-refractivity contribution < 1.29 is 9.18 Å². The molecule has 26 heavy (non-hydrogen) atoms. The van der Waals surface area contributed by atoms with Crippen molar-refractivity contribution >= 4 is 23.0 Å². The maximum absolute atomic E-state index is 13.1. The largest absolute Gasteiger partial charge is 0.397 e. The summed E-state index contributed by atoms with van der Waals surface area (Å²) in [6, 6.07) is 18.8. The Labute approximate surface area is 152 Å². The maximum Gasteiger partial charge on any atom is 0.255 e. The summed E-state index contributed by atoms with van der Waals surface area (Å²) < 4.78 is 13.1. The highest BCUT2D eigenvalue weighted by Gasteiger charge is 2.10. The van der Waals surface area contributed by atoms with Gasteiger partial charge in [-0.15, -0.1) is 0 Å². The van der Waals surface area contributed by atoms with Crippen molar-refractivity contribution in [1.29, 1.82) is 0 Å². The fraction of sp³-hybridized carbons (Fsp3) is 0.0952. The Bertz CT molecular complexity index is 919. The third kappa shape index (κ3) is 3.83. The first-order chi connectivity index (χ1) is 12.4. The number of hydrogen-bond acceptors (Lipinski definition) is 3. The Balaban J connectivity index is 1.83. The number of benzene rings is 3. The number of nitrogen functional groups attached to an aromatic ring is 1. The van der Waals surface area contributed by atoms with E-state index in [1.165, 1.54) is 12.1 Å². The van der Waals surface area contributed by atoms with E-state index in [-0.39, 0.29) is 11.7 Å². The molecule has 0 heterocycles. The van der Waals surface area contributed by atoms with E-state index in [9.17, 15) is 9.18 Å². The molecule has 0 saturated carbocycles. The monoisotopic (exact) mass is 348 g/mol. The van der Waals surface area contributed by atoms with Crippen molar-refractivity contribution in [2.24, 2.45) is 0 Å². The molecule has 3 rings (SSSR count). The van der Waals surface area contributed by atoms with Crippen molar-refractivity contribution in [1.82, 2.24) is 0 Å². The third-order valence-corrected chi connectivity index (χ3v) is 4.12. The van der Waals surface area contributed by atoms with Gasteiger partial charge in [-0.3, -0.25) is 4.79 Å². The lowest BCUT2D eigenvalue weighted by Crippen LogP contribution is -2.14. The van der Waals surface area contributed by atoms with Gasteiger partial charge in [0.1, 0.15) is 5.82 Å². The molecule has 4 nitrogen and oxygen atoms in total. The molecule has 3 aromatic rings. The van der Waals surface area contributed by atoms with Crippen LogP contribution in [0.5, 0.6) is 0 Å². The number of carbonyl (C=O) groups excluding carboxylic acids is 1. The second kappa shape index (κ2) is 7.27. The van der Waals surface area contributed by atoms with Gasteiger partial charge in [-0.25, -0.2) is 4.39 Å². The van der Waals surface area contributed by atoms with Crippen molar-refractivity contribution in [2.45, 2.75) is 0 Å². The van der Waals surface area contributed by atoms with Crippen molar-refractivity contribution in [3.63, 3.8) is 0 Å². The summed E-state index contributed by atoms with van der Waals surface area (Å²) in [6.45, 7) is 0. The van der Waals surface area contributed by atoms with E-state index in [0.29, 0.717) is 16.9 Å². The van der Waals surface area contributed by atoms with E-state index in [1.807, 2.05) is 37.2 Å². The SMILES string of the molecule is CN(C)c1ccc(C(=O)Nc2cc(-c3ccc([18F])cc3)ccc2N)cc1. The van der Waals surface area contributed by atoms with Crippen molar-refractivity contribution in [2.75, 3.05) is 30.0 Å². The molecule has 0 spiro atoms. The van der Waals surface area contributed by atoms with Crippen LogP contribution in [0.25, 0.3) is 11.1 Å². The zero-order chi connectivity index (χ0) is 18.7. The zero-order valence-corrected chi connectivity index (χ0v) is 14.7. The maximum atomic E-state index is 13.1. The van der Waals surface area contributed by atoms with E-state index in [1.54, 1.807) is 36.4 Å². The Morgan fingerprint density at radius 2 is 1.54 bits per heavy atom. The summed E-state index contributed by atoms with van der Waals surface area (Å²) >= 11 is 0. The Morgan fingerprint density at radius 1 is 0.923 bits per heavy atom. The van der Waals surface area contributed by atoms with Gasteiger partial charge in [-0.1, -0.05) is 18.2 Å². The summed E-state index contributed by atoms with van der Waals surface area (Å²) in [5, 5.41) is 2.85. The summed E-state index contributed by atoms with van der Waals surface area (Å²) in [5.74, 6) is -0.530. The molecule has 0 unspecified atom stereocenters. The number of hydrogen-bond donors (Lipinski definition) is 2. The van der Waals surface area contributed by atoms with E-state index in [2.05, 4.69) is 5.32 Å². The van der Waals surface area contributed by atoms with Crippen molar-refractivity contribution in [3.05, 3.63) is 78.1 Å². The predicted molar refractivity (Wildman–Crippen MR) is 105 cm³/mol. The first-order valence-corrected chi connectivity index (χ1v) is 8.18. The number of rotatable bonds is 4. The molecule has 0 radical (unpaired) electrons. The second-order valence-electron chi connectivity index (χ2n) is 6.20. The Morgan fingerprint density at radius 3 is 2.15 bits per heavy atom. The highest BCUT2D eigenvalue weighted by molar-refractivity contribution is 6.06. The fourth-order valence-corrected chi connectivity index (χ4v) is 2.59. The number of nitrogens with two attached hydrogens (primary N) is 1. The molecule has 3 N–H and O–H groups in total. The number of nitrogens with one attached hydrogen (secondary N) is 1. The van der Waals surface area contributed by atoms with Crippen LogP contribution >= 0.6 is 0 Å². The van der Waals surface area contributed by atoms with Gasteiger partial charge in [0.2, 0.25) is 0 Å². The topological polar surface area (TPSA) is 58.4 Å². The summed E-state index contributed by atoms with van der Waals surface area (Å²) in [7, 11) is 3.88. The molecular formula is C21H20FN3O. The van der Waals surface area contributed by atoms with Gasteiger partial charge in [-0.2, -0.15) is 0 Å². The molecule has 0 atom stereocenters. The van der Waals surface area contributed by atoms with Crippen LogP contribution in [-0.2, 0) is 0 Å². The van der Waals surface area contributed by atoms with Gasteiger partial charge < -0.3 is 16.0 Å². The van der Waals surface area contributed by atoms with Crippen LogP contribution in [0.4, 0.5) is 21.5 Å². The highest BCUT2D eigenvalue weighted by atomic mass is 18.2. The average Bonchev–Trinajstić information content (AvgIpc) is 2.64. The van der Waals surface area contributed by atoms with Gasteiger partial charge in [0.15, 0.2) is 0 Å². The smallest absolute Gasteiger partial charge is 0.255 e. The molecule has 0 aromatic heterocycles. The quantitative estimate of drug-likeness (QED) is 0.687. The molecule has 0 aliphatic rings. The van der Waals surface area contributed by atoms with Crippen LogP contribution in [-0.4, -0.2) is 20.0 Å². The van der Waals surface area contributed by atoms with Gasteiger partial charge in [0, 0.05) is 25.3 Å². The standard InChI is InChI=1S/C21H20FN3O/c1-25(2)18-10-5-15(6-11-18)21(26)24-20-13-16(7-12-19(20)23)14-3-8-17(22)9-4-14/h3-13H,23H2,1-2H3,(H,24,26)/i22-1. The average molecular weight is 348 g/mol. The fourth-order valence-electron chi connectivity index (χ4n) is 2.59. The lowest BCUT2D eigenvalue weighted by atomic mass is 10.0. The van der Waals surface area contributed by atoms with Gasteiger partial charge in [0.25, 0.3) is 5.91 Å². The van der Waals surface area contributed by atoms with Crippen LogP contribution in [0, 0.1) is 5.82 Å². The molecule has 0 aliphatic carbocycles. The van der Waals surface area contributed by atoms with E-state index < -0.39 is 0 Å². The summed E-state index contributed by atoms with van der Waals surface area (Å²) in [6.07, 6.45) is 0. The van der Waals surface area contributed by atoms with Crippen molar-refractivity contribution in [3.8, 4) is 11.1 Å². The first-order valence-electron chi connectivity index (χ1n) is 8.18. The molecule has 3 aromatic carbocycles. The van der Waals surface area contributed by atoms with Crippen LogP contribution in [0.1, 0.15) is 10.4 Å². The number of carbonyl (C=O) groups is 1. The molecule has 0 saturated heterocycles. The highest BCUT2D eigenvalue weighted by Crippen LogP contribution is 2.28. The third-order valence-electron chi connectivity index (χ3n) is 4.12. The molecule has 1 amide bonds. The second-order valence-corrected chi connectivity index (χ2v) is 6.20. The lowest BCUT2D eigenvalue weighted by molar-refractivity contribution is 0.102. The minimum atomic E-state index is -0.293. The van der Waals surface area contributed by atoms with Crippen LogP contribution in [0.2, 0.25) is 0 Å². The van der Waals surface area contributed by atoms with E-state index >= 15 is 0 Å². The van der Waals surface area contributed by atoms with Crippen LogP contribution in [0.15, 0.2) is 66.7 Å². The molecule has 132 valence electrons. The predicted octanol–water partition coefficient (Wildman–Crippen LogP) is 4.39. The Kier molecular flexibility index (Phi) is 4.89. The van der Waals surface area contributed by atoms with Gasteiger partial charge >= 0.3 is 0 Å². The van der Waals surface area contributed by atoms with E-state index in [0.717, 1.165) is 16.8 Å². The Hall–Kier alpha value is -3.34. The van der Waals surface area contributed by atoms with Crippen LogP contribution < -0.4 is 16.0 Å².